The highest BCUT2D eigenvalue weighted by atomic mass is 32.2. The lowest BCUT2D eigenvalue weighted by molar-refractivity contribution is -0.155. The Morgan fingerprint density at radius 2 is 2.10 bits per heavy atom. The van der Waals surface area contributed by atoms with Crippen LogP contribution < -0.4 is 0 Å². The van der Waals surface area contributed by atoms with Crippen molar-refractivity contribution < 1.29 is 30.5 Å². The molecule has 4 rings (SSSR count). The fourth-order valence-electron chi connectivity index (χ4n) is 3.42. The van der Waals surface area contributed by atoms with Crippen LogP contribution in [0.5, 0.6) is 0 Å². The highest BCUT2D eigenvalue weighted by Crippen LogP contribution is 2.36. The van der Waals surface area contributed by atoms with E-state index in [9.17, 15) is 21.6 Å². The van der Waals surface area contributed by atoms with Crippen LogP contribution >= 0.6 is 0 Å². The van der Waals surface area contributed by atoms with Crippen LogP contribution in [0.25, 0.3) is 11.5 Å². The monoisotopic (exact) mass is 430 g/mol. The minimum Gasteiger partial charge on any atom is -0.458 e. The molecule has 3 aromatic rings. The second-order valence-corrected chi connectivity index (χ2v) is 8.73. The van der Waals surface area contributed by atoms with Crippen LogP contribution in [0.2, 0.25) is 0 Å². The third kappa shape index (κ3) is 3.69. The number of rotatable bonds is 4. The van der Waals surface area contributed by atoms with Gasteiger partial charge in [-0.3, -0.25) is 5.10 Å². The molecule has 0 aromatic carbocycles. The fraction of sp³-hybridized carbons (Fsp3) is 0.412. The van der Waals surface area contributed by atoms with Crippen molar-refractivity contribution in [1.82, 2.24) is 19.7 Å². The number of H-pyrrole nitrogens is 1. The number of furan rings is 1. The van der Waals surface area contributed by atoms with Gasteiger partial charge in [0.15, 0.2) is 5.76 Å². The second kappa shape index (κ2) is 7.02. The summed E-state index contributed by atoms with van der Waals surface area (Å²) >= 11 is 0. The molecule has 3 aromatic heterocycles. The average Bonchev–Trinajstić information content (AvgIpc) is 3.41. The smallest absolute Gasteiger partial charge is 0.452 e. The van der Waals surface area contributed by atoms with E-state index in [1.54, 1.807) is 6.20 Å². The Morgan fingerprint density at radius 1 is 1.31 bits per heavy atom. The van der Waals surface area contributed by atoms with Crippen molar-refractivity contribution in [3.8, 4) is 11.5 Å². The molecule has 0 radical (unpaired) electrons. The molecule has 1 saturated heterocycles. The van der Waals surface area contributed by atoms with E-state index < -0.39 is 22.0 Å². The Labute approximate surface area is 163 Å². The molecule has 1 aliphatic rings. The summed E-state index contributed by atoms with van der Waals surface area (Å²) in [7, 11) is -3.90. The summed E-state index contributed by atoms with van der Waals surface area (Å²) in [6.45, 7) is 2.05. The molecule has 0 bridgehead atoms. The molecule has 12 heteroatoms. The number of nitrogens with one attached hydrogen (secondary N) is 1. The highest BCUT2D eigenvalue weighted by molar-refractivity contribution is 7.89. The first-order valence-corrected chi connectivity index (χ1v) is 10.2. The van der Waals surface area contributed by atoms with Crippen molar-refractivity contribution in [3.63, 3.8) is 0 Å². The minimum atomic E-state index is -4.70. The minimum absolute atomic E-state index is 0.0161. The predicted octanol–water partition coefficient (Wildman–Crippen LogP) is 3.55. The van der Waals surface area contributed by atoms with E-state index in [2.05, 4.69) is 19.9 Å². The van der Waals surface area contributed by atoms with Crippen LogP contribution in [-0.2, 0) is 16.2 Å². The zero-order chi connectivity index (χ0) is 20.8. The van der Waals surface area contributed by atoms with E-state index in [1.165, 1.54) is 17.3 Å². The van der Waals surface area contributed by atoms with Gasteiger partial charge in [0.2, 0.25) is 15.8 Å². The number of aromatic nitrogens is 3. The van der Waals surface area contributed by atoms with Gasteiger partial charge in [0.25, 0.3) is 0 Å². The summed E-state index contributed by atoms with van der Waals surface area (Å²) in [5.74, 6) is -1.34. The molecule has 8 nitrogen and oxygen atoms in total. The number of alkyl halides is 3. The lowest BCUT2D eigenvalue weighted by Crippen LogP contribution is -2.39. The van der Waals surface area contributed by atoms with E-state index in [0.717, 1.165) is 12.1 Å². The van der Waals surface area contributed by atoms with Gasteiger partial charge in [0.1, 0.15) is 16.3 Å². The molecule has 1 fully saturated rings. The standard InChI is InChI=1S/C17H17F3N4O4S/c1-10-15(8-14(27-10)13-7-16(28-23-13)17(18,19)20)29(25,26)24-6-2-3-11(9-24)12-4-5-21-22-12/h4-5,7-8,11H,2-3,6,9H2,1H3,(H,21,22)/t11-/m0/s1. The van der Waals surface area contributed by atoms with Crippen LogP contribution in [0.3, 0.4) is 0 Å². The van der Waals surface area contributed by atoms with Crippen LogP contribution in [-0.4, -0.2) is 41.2 Å². The Bertz CT molecular complexity index is 1100. The third-order valence-electron chi connectivity index (χ3n) is 4.88. The molecule has 156 valence electrons. The molecule has 1 atom stereocenters. The Morgan fingerprint density at radius 3 is 2.76 bits per heavy atom. The maximum absolute atomic E-state index is 13.1. The number of aromatic amines is 1. The maximum Gasteiger partial charge on any atom is 0.452 e. The summed E-state index contributed by atoms with van der Waals surface area (Å²) in [4.78, 5) is -0.102. The van der Waals surface area contributed by atoms with Gasteiger partial charge in [0.05, 0.1) is 0 Å². The average molecular weight is 430 g/mol. The molecule has 1 N–H and O–H groups in total. The van der Waals surface area contributed by atoms with Gasteiger partial charge >= 0.3 is 6.18 Å². The van der Waals surface area contributed by atoms with E-state index in [0.29, 0.717) is 19.0 Å². The van der Waals surface area contributed by atoms with Crippen molar-refractivity contribution in [2.75, 3.05) is 13.1 Å². The first-order valence-electron chi connectivity index (χ1n) is 8.80. The highest BCUT2D eigenvalue weighted by Gasteiger charge is 2.37. The lowest BCUT2D eigenvalue weighted by Gasteiger charge is -2.31. The van der Waals surface area contributed by atoms with Crippen LogP contribution in [0, 0.1) is 6.92 Å². The predicted molar refractivity (Wildman–Crippen MR) is 93.3 cm³/mol. The van der Waals surface area contributed by atoms with E-state index >= 15 is 0 Å². The van der Waals surface area contributed by atoms with Crippen LogP contribution in [0.15, 0.2) is 38.2 Å². The van der Waals surface area contributed by atoms with Crippen molar-refractivity contribution in [2.45, 2.75) is 36.8 Å². The maximum atomic E-state index is 13.1. The summed E-state index contributed by atoms with van der Waals surface area (Å²) in [6.07, 6.45) is -1.59. The first-order chi connectivity index (χ1) is 13.7. The number of hydrogen-bond donors (Lipinski definition) is 1. The lowest BCUT2D eigenvalue weighted by atomic mass is 9.96. The molecule has 1 aliphatic heterocycles. The molecule has 0 spiro atoms. The van der Waals surface area contributed by atoms with Gasteiger partial charge in [0, 0.05) is 43.0 Å². The van der Waals surface area contributed by atoms with Crippen LogP contribution in [0.4, 0.5) is 13.2 Å². The SMILES string of the molecule is Cc1oc(-c2cc(C(F)(F)F)on2)cc1S(=O)(=O)N1CCC[C@H](c2ccn[nH]2)C1. The molecule has 0 unspecified atom stereocenters. The van der Waals surface area contributed by atoms with E-state index in [1.807, 2.05) is 6.07 Å². The van der Waals surface area contributed by atoms with Gasteiger partial charge < -0.3 is 8.94 Å². The number of halogens is 3. The second-order valence-electron chi connectivity index (χ2n) is 6.82. The first kappa shape index (κ1) is 19.7. The summed E-state index contributed by atoms with van der Waals surface area (Å²) in [5.41, 5.74) is 0.632. The van der Waals surface area contributed by atoms with Crippen molar-refractivity contribution in [1.29, 1.82) is 0 Å². The van der Waals surface area contributed by atoms with E-state index in [-0.39, 0.29) is 34.6 Å². The molecule has 0 saturated carbocycles. The number of aryl methyl sites for hydroxylation is 1. The van der Waals surface area contributed by atoms with E-state index in [4.69, 9.17) is 4.42 Å². The Hall–Kier alpha value is -2.60. The Balaban J connectivity index is 1.61. The molecular formula is C17H17F3N4O4S. The fourth-order valence-corrected chi connectivity index (χ4v) is 5.11. The van der Waals surface area contributed by atoms with Gasteiger partial charge in [-0.25, -0.2) is 8.42 Å². The normalized spacial score (nSPS) is 19.0. The largest absolute Gasteiger partial charge is 0.458 e. The third-order valence-corrected chi connectivity index (χ3v) is 6.85. The van der Waals surface area contributed by atoms with Crippen LogP contribution in [0.1, 0.15) is 36.0 Å². The topological polar surface area (TPSA) is 105 Å². The number of sulfonamides is 1. The summed E-state index contributed by atoms with van der Waals surface area (Å²) < 4.78 is 75.5. The zero-order valence-corrected chi connectivity index (χ0v) is 16.0. The number of piperidine rings is 1. The summed E-state index contributed by atoms with van der Waals surface area (Å²) in [5, 5.41) is 10.1. The number of hydrogen-bond acceptors (Lipinski definition) is 6. The quantitative estimate of drug-likeness (QED) is 0.679. The molecular weight excluding hydrogens is 413 g/mol. The van der Waals surface area contributed by atoms with Crippen molar-refractivity contribution in [3.05, 3.63) is 41.6 Å². The molecule has 29 heavy (non-hydrogen) atoms. The van der Waals surface area contributed by atoms with Crippen molar-refractivity contribution in [2.24, 2.45) is 0 Å². The van der Waals surface area contributed by atoms with Gasteiger partial charge in [-0.2, -0.15) is 22.6 Å². The summed E-state index contributed by atoms with van der Waals surface area (Å²) in [6, 6.07) is 3.66. The van der Waals surface area contributed by atoms with Gasteiger partial charge in [-0.05, 0) is 25.8 Å². The molecule has 0 amide bonds. The number of nitrogens with zero attached hydrogens (tertiary/aromatic N) is 3. The Kier molecular flexibility index (Phi) is 4.77. The zero-order valence-electron chi connectivity index (χ0n) is 15.2. The molecule has 4 heterocycles. The van der Waals surface area contributed by atoms with Gasteiger partial charge in [-0.1, -0.05) is 5.16 Å². The van der Waals surface area contributed by atoms with Gasteiger partial charge in [-0.15, -0.1) is 0 Å². The molecule has 0 aliphatic carbocycles. The van der Waals surface area contributed by atoms with Crippen molar-refractivity contribution >= 4 is 10.0 Å².